The van der Waals surface area contributed by atoms with Crippen molar-refractivity contribution >= 4 is 55.8 Å². The standard InChI is InChI=1S/3C5H10O2S.C3H8O3/c3*1-2-3-4(8)5(6)7;4-1-3(6)2-5/h3*4,8H,2-3H2,1H3,(H,6,7);3-6H,1-2H2. The summed E-state index contributed by atoms with van der Waals surface area (Å²) in [7, 11) is 0. The molecule has 30 heavy (non-hydrogen) atoms. The Morgan fingerprint density at radius 3 is 0.867 bits per heavy atom. The Morgan fingerprint density at radius 2 is 0.833 bits per heavy atom. The van der Waals surface area contributed by atoms with Gasteiger partial charge in [-0.2, -0.15) is 37.9 Å². The van der Waals surface area contributed by atoms with E-state index in [0.29, 0.717) is 19.3 Å². The highest BCUT2D eigenvalue weighted by atomic mass is 32.1. The summed E-state index contributed by atoms with van der Waals surface area (Å²) in [5, 5.41) is 47.3. The second-order valence-electron chi connectivity index (χ2n) is 5.95. The number of carbonyl (C=O) groups is 3. The van der Waals surface area contributed by atoms with E-state index in [9.17, 15) is 14.4 Å². The predicted octanol–water partition coefficient (Wildman–Crippen LogP) is 1.84. The summed E-state index contributed by atoms with van der Waals surface area (Å²) in [5.41, 5.74) is 0. The van der Waals surface area contributed by atoms with Crippen molar-refractivity contribution in [3.63, 3.8) is 0 Å². The summed E-state index contributed by atoms with van der Waals surface area (Å²) in [5.74, 6) is -2.47. The third-order valence-electron chi connectivity index (χ3n) is 2.96. The first-order valence-corrected chi connectivity index (χ1v) is 11.0. The summed E-state index contributed by atoms with van der Waals surface area (Å²) in [6.45, 7) is 5.08. The molecule has 9 nitrogen and oxygen atoms in total. The summed E-state index contributed by atoms with van der Waals surface area (Å²) < 4.78 is 0. The minimum atomic E-state index is -0.954. The highest BCUT2D eigenvalue weighted by molar-refractivity contribution is 7.82. The zero-order chi connectivity index (χ0) is 24.7. The maximum Gasteiger partial charge on any atom is 0.316 e. The normalized spacial score (nSPS) is 12.6. The molecule has 0 aromatic heterocycles. The molecule has 0 aromatic rings. The van der Waals surface area contributed by atoms with E-state index >= 15 is 0 Å². The Bertz CT molecular complexity index is 369. The van der Waals surface area contributed by atoms with Gasteiger partial charge in [0.05, 0.1) is 29.0 Å². The van der Waals surface area contributed by atoms with Crippen LogP contribution in [0.25, 0.3) is 0 Å². The third-order valence-corrected chi connectivity index (χ3v) is 4.40. The average Bonchev–Trinajstić information content (AvgIpc) is 2.69. The minimum absolute atomic E-state index is 0.365. The van der Waals surface area contributed by atoms with Crippen LogP contribution in [0, 0.1) is 0 Å². The Kier molecular flexibility index (Phi) is 32.3. The number of hydrogen-bond donors (Lipinski definition) is 9. The van der Waals surface area contributed by atoms with Gasteiger partial charge in [0.1, 0.15) is 6.10 Å². The molecule has 0 aromatic carbocycles. The Labute approximate surface area is 195 Å². The van der Waals surface area contributed by atoms with Crippen molar-refractivity contribution in [2.45, 2.75) is 81.1 Å². The van der Waals surface area contributed by atoms with Crippen LogP contribution in [0.4, 0.5) is 0 Å². The number of hydrogen-bond acceptors (Lipinski definition) is 9. The Balaban J connectivity index is -0.000000151. The highest BCUT2D eigenvalue weighted by Gasteiger charge is 2.09. The van der Waals surface area contributed by atoms with Gasteiger partial charge < -0.3 is 30.6 Å². The van der Waals surface area contributed by atoms with E-state index < -0.39 is 39.8 Å². The van der Waals surface area contributed by atoms with Crippen molar-refractivity contribution in [1.29, 1.82) is 0 Å². The van der Waals surface area contributed by atoms with Gasteiger partial charge in [0.25, 0.3) is 0 Å². The van der Waals surface area contributed by atoms with Crippen LogP contribution in [0.5, 0.6) is 0 Å². The van der Waals surface area contributed by atoms with Crippen molar-refractivity contribution in [3.05, 3.63) is 0 Å². The fourth-order valence-electron chi connectivity index (χ4n) is 1.25. The molecule has 0 heterocycles. The molecule has 0 radical (unpaired) electrons. The molecule has 182 valence electrons. The predicted molar refractivity (Wildman–Crippen MR) is 126 cm³/mol. The first-order valence-electron chi connectivity index (χ1n) is 9.48. The summed E-state index contributed by atoms with van der Waals surface area (Å²) >= 11 is 11.4. The molecule has 0 aliphatic carbocycles. The first-order chi connectivity index (χ1) is 13.9. The molecule has 0 saturated carbocycles. The average molecular weight is 495 g/mol. The quantitative estimate of drug-likeness (QED) is 0.194. The Morgan fingerprint density at radius 1 is 0.633 bits per heavy atom. The fraction of sp³-hybridized carbons (Fsp3) is 0.833. The van der Waals surface area contributed by atoms with E-state index in [0.717, 1.165) is 19.3 Å². The van der Waals surface area contributed by atoms with E-state index in [1.54, 1.807) is 0 Å². The van der Waals surface area contributed by atoms with E-state index in [-0.39, 0.29) is 13.2 Å². The van der Waals surface area contributed by atoms with Crippen LogP contribution in [0.3, 0.4) is 0 Å². The van der Waals surface area contributed by atoms with Crippen molar-refractivity contribution < 1.29 is 45.0 Å². The van der Waals surface area contributed by atoms with Gasteiger partial charge in [-0.3, -0.25) is 14.4 Å². The largest absolute Gasteiger partial charge is 0.480 e. The van der Waals surface area contributed by atoms with Crippen molar-refractivity contribution in [2.24, 2.45) is 0 Å². The molecule has 12 heteroatoms. The van der Waals surface area contributed by atoms with Crippen LogP contribution < -0.4 is 0 Å². The first kappa shape index (κ1) is 36.7. The second-order valence-corrected chi connectivity index (χ2v) is 7.82. The van der Waals surface area contributed by atoms with Crippen LogP contribution >= 0.6 is 37.9 Å². The van der Waals surface area contributed by atoms with Crippen LogP contribution in [-0.2, 0) is 14.4 Å². The van der Waals surface area contributed by atoms with Gasteiger partial charge in [-0.15, -0.1) is 0 Å². The Hall–Kier alpha value is -0.660. The monoisotopic (exact) mass is 494 g/mol. The number of carboxylic acids is 3. The molecular formula is C18H38O9S3. The molecule has 0 aliphatic rings. The van der Waals surface area contributed by atoms with E-state index in [2.05, 4.69) is 37.9 Å². The van der Waals surface area contributed by atoms with Crippen LogP contribution in [0.1, 0.15) is 59.3 Å². The maximum atomic E-state index is 10.0. The highest BCUT2D eigenvalue weighted by Crippen LogP contribution is 2.04. The minimum Gasteiger partial charge on any atom is -0.480 e. The zero-order valence-corrected chi connectivity index (χ0v) is 20.4. The number of aliphatic carboxylic acids is 3. The number of thiol groups is 3. The van der Waals surface area contributed by atoms with E-state index in [1.165, 1.54) is 0 Å². The molecule has 3 atom stereocenters. The lowest BCUT2D eigenvalue weighted by molar-refractivity contribution is -0.137. The van der Waals surface area contributed by atoms with Crippen molar-refractivity contribution in [2.75, 3.05) is 13.2 Å². The topological polar surface area (TPSA) is 173 Å². The van der Waals surface area contributed by atoms with Crippen LogP contribution in [0.2, 0.25) is 0 Å². The number of aliphatic hydroxyl groups is 3. The summed E-state index contributed by atoms with van der Waals surface area (Å²) in [4.78, 5) is 30.0. The number of carboxylic acid groups (broad SMARTS) is 3. The molecular weight excluding hydrogens is 456 g/mol. The van der Waals surface area contributed by atoms with E-state index in [4.69, 9.17) is 30.6 Å². The van der Waals surface area contributed by atoms with Gasteiger partial charge in [0.2, 0.25) is 0 Å². The van der Waals surface area contributed by atoms with Gasteiger partial charge in [0.15, 0.2) is 0 Å². The van der Waals surface area contributed by atoms with Gasteiger partial charge in [0, 0.05) is 0 Å². The maximum absolute atomic E-state index is 10.0. The zero-order valence-electron chi connectivity index (χ0n) is 17.7. The lowest BCUT2D eigenvalue weighted by Crippen LogP contribution is -2.15. The van der Waals surface area contributed by atoms with Gasteiger partial charge in [-0.25, -0.2) is 0 Å². The molecule has 0 amide bonds. The van der Waals surface area contributed by atoms with Gasteiger partial charge in [-0.1, -0.05) is 40.0 Å². The van der Waals surface area contributed by atoms with Crippen LogP contribution in [0.15, 0.2) is 0 Å². The lowest BCUT2D eigenvalue weighted by atomic mass is 10.2. The molecule has 0 fully saturated rings. The van der Waals surface area contributed by atoms with Gasteiger partial charge in [-0.05, 0) is 19.3 Å². The van der Waals surface area contributed by atoms with Crippen LogP contribution in [-0.4, -0.2) is 83.6 Å². The molecule has 6 N–H and O–H groups in total. The number of aliphatic hydroxyl groups excluding tert-OH is 3. The van der Waals surface area contributed by atoms with Gasteiger partial charge >= 0.3 is 17.9 Å². The fourth-order valence-corrected chi connectivity index (χ4v) is 2.02. The molecule has 0 saturated heterocycles. The molecule has 0 rings (SSSR count). The SMILES string of the molecule is CCCC(S)C(=O)O.CCCC(S)C(=O)O.CCCC(S)C(=O)O.OCC(O)CO. The number of rotatable bonds is 11. The van der Waals surface area contributed by atoms with Crippen molar-refractivity contribution in [3.8, 4) is 0 Å². The summed E-state index contributed by atoms with van der Waals surface area (Å²) in [6, 6.07) is 0. The summed E-state index contributed by atoms with van der Waals surface area (Å²) in [6.07, 6.45) is 3.63. The van der Waals surface area contributed by atoms with E-state index in [1.807, 2.05) is 20.8 Å². The lowest BCUT2D eigenvalue weighted by Gasteiger charge is -1.99. The molecule has 3 unspecified atom stereocenters. The van der Waals surface area contributed by atoms with Crippen molar-refractivity contribution in [1.82, 2.24) is 0 Å². The smallest absolute Gasteiger partial charge is 0.316 e. The third kappa shape index (κ3) is 32.0. The second kappa shape index (κ2) is 26.4. The molecule has 0 spiro atoms. The molecule has 0 bridgehead atoms. The molecule has 0 aliphatic heterocycles.